The predicted molar refractivity (Wildman–Crippen MR) is 128 cm³/mol. The molecule has 0 fully saturated rings. The Morgan fingerprint density at radius 3 is 2.67 bits per heavy atom. The number of hydrogen-bond donors (Lipinski definition) is 1. The largest absolute Gasteiger partial charge is 0.483 e. The Balaban J connectivity index is 1.66. The molecule has 30 heavy (non-hydrogen) atoms. The molecule has 1 amide bonds. The van der Waals surface area contributed by atoms with E-state index in [0.717, 1.165) is 32.3 Å². The first-order chi connectivity index (χ1) is 14.4. The summed E-state index contributed by atoms with van der Waals surface area (Å²) in [6.07, 6.45) is 2.63. The van der Waals surface area contributed by atoms with E-state index in [1.54, 1.807) is 12.3 Å². The predicted octanol–water partition coefficient (Wildman–Crippen LogP) is 5.71. The third-order valence-electron chi connectivity index (χ3n) is 4.73. The van der Waals surface area contributed by atoms with Crippen LogP contribution in [0.4, 0.5) is 0 Å². The van der Waals surface area contributed by atoms with Crippen LogP contribution >= 0.6 is 31.9 Å². The van der Waals surface area contributed by atoms with Crippen LogP contribution in [-0.2, 0) is 11.2 Å². The molecule has 2 aromatic carbocycles. The number of aryl methyl sites for hydroxylation is 2. The summed E-state index contributed by atoms with van der Waals surface area (Å²) in [5.74, 6) is 0.265. The minimum Gasteiger partial charge on any atom is -0.483 e. The van der Waals surface area contributed by atoms with E-state index in [1.807, 2.05) is 18.2 Å². The van der Waals surface area contributed by atoms with E-state index in [2.05, 4.69) is 92.0 Å². The molecule has 0 aliphatic rings. The lowest BCUT2D eigenvalue weighted by Gasteiger charge is -2.13. The average molecular weight is 533 g/mol. The fraction of sp³-hybridized carbons (Fsp3) is 0.217. The average Bonchev–Trinajstić information content (AvgIpc) is 3.00. The van der Waals surface area contributed by atoms with E-state index < -0.39 is 0 Å². The van der Waals surface area contributed by atoms with Crippen LogP contribution in [0.5, 0.6) is 5.75 Å². The first-order valence-corrected chi connectivity index (χ1v) is 11.2. The number of para-hydroxylation sites is 1. The molecule has 3 rings (SSSR count). The summed E-state index contributed by atoms with van der Waals surface area (Å²) in [6, 6.07) is 15.9. The Morgan fingerprint density at radius 2 is 1.93 bits per heavy atom. The second-order valence-electron chi connectivity index (χ2n) is 6.80. The molecular formula is C23H23Br2N3O2. The fourth-order valence-electron chi connectivity index (χ4n) is 3.26. The summed E-state index contributed by atoms with van der Waals surface area (Å²) in [7, 11) is 0. The highest BCUT2D eigenvalue weighted by molar-refractivity contribution is 9.11. The lowest BCUT2D eigenvalue weighted by Crippen LogP contribution is -2.24. The molecule has 0 atom stereocenters. The first-order valence-electron chi connectivity index (χ1n) is 9.57. The van der Waals surface area contributed by atoms with Crippen LogP contribution in [-0.4, -0.2) is 23.3 Å². The van der Waals surface area contributed by atoms with Gasteiger partial charge in [0, 0.05) is 27.1 Å². The van der Waals surface area contributed by atoms with Gasteiger partial charge in [0.05, 0.1) is 10.7 Å². The van der Waals surface area contributed by atoms with E-state index in [-0.39, 0.29) is 12.5 Å². The molecule has 5 nitrogen and oxygen atoms in total. The smallest absolute Gasteiger partial charge is 0.277 e. The summed E-state index contributed by atoms with van der Waals surface area (Å²) in [5.41, 5.74) is 8.12. The summed E-state index contributed by atoms with van der Waals surface area (Å²) in [6.45, 7) is 6.15. The number of halogens is 2. The van der Waals surface area contributed by atoms with Gasteiger partial charge in [-0.1, -0.05) is 41.1 Å². The van der Waals surface area contributed by atoms with Crippen molar-refractivity contribution in [3.05, 3.63) is 80.0 Å². The molecular weight excluding hydrogens is 510 g/mol. The van der Waals surface area contributed by atoms with Crippen molar-refractivity contribution in [3.63, 3.8) is 0 Å². The van der Waals surface area contributed by atoms with Crippen LogP contribution in [0.3, 0.4) is 0 Å². The van der Waals surface area contributed by atoms with Crippen LogP contribution in [0.2, 0.25) is 0 Å². The summed E-state index contributed by atoms with van der Waals surface area (Å²) < 4.78 is 9.44. The van der Waals surface area contributed by atoms with E-state index in [0.29, 0.717) is 5.75 Å². The number of carbonyl (C=O) groups excluding carboxylic acids is 1. The Labute approximate surface area is 193 Å². The second-order valence-corrected chi connectivity index (χ2v) is 8.57. The molecule has 1 heterocycles. The quantitative estimate of drug-likeness (QED) is 0.313. The number of rotatable bonds is 7. The van der Waals surface area contributed by atoms with Crippen molar-refractivity contribution in [1.29, 1.82) is 0 Å². The van der Waals surface area contributed by atoms with E-state index in [1.165, 1.54) is 11.3 Å². The molecule has 0 aliphatic carbocycles. The minimum atomic E-state index is -0.328. The van der Waals surface area contributed by atoms with Crippen molar-refractivity contribution in [2.75, 3.05) is 6.61 Å². The van der Waals surface area contributed by atoms with Gasteiger partial charge in [-0.3, -0.25) is 4.79 Å². The molecule has 0 saturated heterocycles. The van der Waals surface area contributed by atoms with Gasteiger partial charge in [0.2, 0.25) is 0 Å². The van der Waals surface area contributed by atoms with Gasteiger partial charge in [-0.05, 0) is 72.1 Å². The number of ether oxygens (including phenoxy) is 1. The number of nitrogens with zero attached hydrogens (tertiary/aromatic N) is 2. The highest BCUT2D eigenvalue weighted by Gasteiger charge is 2.12. The van der Waals surface area contributed by atoms with Crippen molar-refractivity contribution < 1.29 is 9.53 Å². The monoisotopic (exact) mass is 531 g/mol. The number of nitrogens with one attached hydrogen (secondary N) is 1. The molecule has 1 N–H and O–H groups in total. The van der Waals surface area contributed by atoms with Crippen molar-refractivity contribution in [1.82, 2.24) is 9.99 Å². The highest BCUT2D eigenvalue weighted by Crippen LogP contribution is 2.28. The Morgan fingerprint density at radius 1 is 1.17 bits per heavy atom. The number of benzene rings is 2. The Bertz CT molecular complexity index is 1090. The van der Waals surface area contributed by atoms with Gasteiger partial charge < -0.3 is 9.30 Å². The molecule has 0 aliphatic heterocycles. The third-order valence-corrected chi connectivity index (χ3v) is 5.84. The second kappa shape index (κ2) is 10.1. The molecule has 0 saturated carbocycles. The molecule has 0 bridgehead atoms. The zero-order chi connectivity index (χ0) is 21.7. The highest BCUT2D eigenvalue weighted by atomic mass is 79.9. The summed E-state index contributed by atoms with van der Waals surface area (Å²) >= 11 is 6.79. The Kier molecular flexibility index (Phi) is 7.50. The summed E-state index contributed by atoms with van der Waals surface area (Å²) in [4.78, 5) is 12.1. The molecule has 0 unspecified atom stereocenters. The molecule has 7 heteroatoms. The minimum absolute atomic E-state index is 0.125. The van der Waals surface area contributed by atoms with Gasteiger partial charge in [0.15, 0.2) is 6.61 Å². The van der Waals surface area contributed by atoms with Crippen LogP contribution < -0.4 is 10.2 Å². The number of aromatic nitrogens is 1. The number of carbonyl (C=O) groups is 1. The van der Waals surface area contributed by atoms with Gasteiger partial charge in [-0.15, -0.1) is 0 Å². The Hall–Kier alpha value is -2.38. The van der Waals surface area contributed by atoms with Gasteiger partial charge in [-0.25, -0.2) is 5.43 Å². The lowest BCUT2D eigenvalue weighted by molar-refractivity contribution is -0.123. The SMILES string of the molecule is CCc1ccccc1-n1c(C)cc(/C=N/NC(=O)COc2ccc(Br)cc2Br)c1C. The topological polar surface area (TPSA) is 55.6 Å². The van der Waals surface area contributed by atoms with E-state index >= 15 is 0 Å². The maximum absolute atomic E-state index is 12.1. The van der Waals surface area contributed by atoms with Gasteiger partial charge >= 0.3 is 0 Å². The molecule has 0 radical (unpaired) electrons. The lowest BCUT2D eigenvalue weighted by atomic mass is 10.1. The van der Waals surface area contributed by atoms with Crippen molar-refractivity contribution in [3.8, 4) is 11.4 Å². The van der Waals surface area contributed by atoms with Crippen LogP contribution in [0.15, 0.2) is 62.6 Å². The molecule has 0 spiro atoms. The molecule has 1 aromatic heterocycles. The van der Waals surface area contributed by atoms with Gasteiger partial charge in [0.1, 0.15) is 5.75 Å². The van der Waals surface area contributed by atoms with Crippen LogP contribution in [0.1, 0.15) is 29.4 Å². The van der Waals surface area contributed by atoms with Crippen molar-refractivity contribution in [2.45, 2.75) is 27.2 Å². The normalized spacial score (nSPS) is 11.1. The van der Waals surface area contributed by atoms with Crippen molar-refractivity contribution >= 4 is 44.0 Å². The maximum atomic E-state index is 12.1. The van der Waals surface area contributed by atoms with Crippen LogP contribution in [0.25, 0.3) is 5.69 Å². The zero-order valence-electron chi connectivity index (χ0n) is 17.1. The third kappa shape index (κ3) is 5.21. The number of amides is 1. The summed E-state index contributed by atoms with van der Waals surface area (Å²) in [5, 5.41) is 4.10. The van der Waals surface area contributed by atoms with E-state index in [9.17, 15) is 4.79 Å². The fourth-order valence-corrected chi connectivity index (χ4v) is 4.42. The molecule has 156 valence electrons. The maximum Gasteiger partial charge on any atom is 0.277 e. The van der Waals surface area contributed by atoms with Crippen molar-refractivity contribution in [2.24, 2.45) is 5.10 Å². The number of hydrogen-bond acceptors (Lipinski definition) is 3. The van der Waals surface area contributed by atoms with Crippen LogP contribution in [0, 0.1) is 13.8 Å². The number of hydrazone groups is 1. The first kappa shape index (κ1) is 22.3. The zero-order valence-corrected chi connectivity index (χ0v) is 20.2. The standard InChI is InChI=1S/C23H23Br2N3O2/c1-4-17-7-5-6-8-21(17)28-15(2)11-18(16(28)3)13-26-27-23(29)14-30-22-10-9-19(24)12-20(22)25/h5-13H,4,14H2,1-3H3,(H,27,29)/b26-13+. The van der Waals surface area contributed by atoms with E-state index in [4.69, 9.17) is 4.74 Å². The van der Waals surface area contributed by atoms with Gasteiger partial charge in [0.25, 0.3) is 5.91 Å². The van der Waals surface area contributed by atoms with Gasteiger partial charge in [-0.2, -0.15) is 5.10 Å². The molecule has 3 aromatic rings.